The number of nitrogens with zero attached hydrogens (tertiary/aromatic N) is 2. The van der Waals surface area contributed by atoms with Gasteiger partial charge in [-0.15, -0.1) is 11.3 Å². The summed E-state index contributed by atoms with van der Waals surface area (Å²) in [7, 11) is 0. The Labute approximate surface area is 84.4 Å². The largest absolute Gasteiger partial charge is 0.318 e. The lowest BCUT2D eigenvalue weighted by atomic mass is 10.1. The van der Waals surface area contributed by atoms with E-state index in [1.54, 1.807) is 11.6 Å². The highest BCUT2D eigenvalue weighted by atomic mass is 32.1. The Morgan fingerprint density at radius 1 is 1.29 bits per heavy atom. The molecule has 2 rings (SSSR count). The van der Waals surface area contributed by atoms with Crippen molar-refractivity contribution in [3.8, 4) is 0 Å². The minimum Gasteiger partial charge on any atom is -0.318 e. The SMILES string of the molecule is NC(c1ccc(F)cn1)c1cscn1. The molecule has 14 heavy (non-hydrogen) atoms. The van der Waals surface area contributed by atoms with E-state index >= 15 is 0 Å². The van der Waals surface area contributed by atoms with Gasteiger partial charge in [0.1, 0.15) is 5.82 Å². The van der Waals surface area contributed by atoms with Crippen LogP contribution in [0.5, 0.6) is 0 Å². The van der Waals surface area contributed by atoms with Crippen molar-refractivity contribution in [2.75, 3.05) is 0 Å². The van der Waals surface area contributed by atoms with Crippen molar-refractivity contribution >= 4 is 11.3 Å². The van der Waals surface area contributed by atoms with Gasteiger partial charge in [0.2, 0.25) is 0 Å². The van der Waals surface area contributed by atoms with Crippen LogP contribution >= 0.6 is 11.3 Å². The monoisotopic (exact) mass is 209 g/mol. The zero-order valence-electron chi connectivity index (χ0n) is 7.22. The minimum absolute atomic E-state index is 0.362. The van der Waals surface area contributed by atoms with Gasteiger partial charge in [-0.25, -0.2) is 9.37 Å². The lowest BCUT2D eigenvalue weighted by molar-refractivity contribution is 0.617. The maximum absolute atomic E-state index is 12.6. The van der Waals surface area contributed by atoms with E-state index < -0.39 is 0 Å². The van der Waals surface area contributed by atoms with Crippen molar-refractivity contribution in [1.82, 2.24) is 9.97 Å². The van der Waals surface area contributed by atoms with Crippen LogP contribution in [0.4, 0.5) is 4.39 Å². The van der Waals surface area contributed by atoms with Crippen molar-refractivity contribution in [2.24, 2.45) is 5.73 Å². The van der Waals surface area contributed by atoms with E-state index in [9.17, 15) is 4.39 Å². The molecule has 2 N–H and O–H groups in total. The second-order valence-electron chi connectivity index (χ2n) is 2.79. The van der Waals surface area contributed by atoms with Crippen molar-refractivity contribution in [3.05, 3.63) is 46.4 Å². The standard InChI is InChI=1S/C9H8FN3S/c10-6-1-2-7(12-3-6)9(11)8-4-14-5-13-8/h1-5,9H,11H2. The van der Waals surface area contributed by atoms with E-state index in [0.717, 1.165) is 11.9 Å². The van der Waals surface area contributed by atoms with Crippen LogP contribution in [0.2, 0.25) is 0 Å². The molecule has 5 heteroatoms. The maximum Gasteiger partial charge on any atom is 0.141 e. The lowest BCUT2D eigenvalue weighted by Gasteiger charge is -2.07. The van der Waals surface area contributed by atoms with E-state index in [0.29, 0.717) is 5.69 Å². The molecule has 0 amide bonds. The fourth-order valence-electron chi connectivity index (χ4n) is 1.10. The molecule has 1 atom stereocenters. The van der Waals surface area contributed by atoms with Crippen molar-refractivity contribution in [2.45, 2.75) is 6.04 Å². The Balaban J connectivity index is 2.28. The Hall–Kier alpha value is -1.33. The van der Waals surface area contributed by atoms with E-state index in [4.69, 9.17) is 5.73 Å². The van der Waals surface area contributed by atoms with Gasteiger partial charge in [-0.3, -0.25) is 4.98 Å². The van der Waals surface area contributed by atoms with Crippen molar-refractivity contribution in [3.63, 3.8) is 0 Å². The lowest BCUT2D eigenvalue weighted by Crippen LogP contribution is -2.13. The molecule has 0 aromatic carbocycles. The van der Waals surface area contributed by atoms with Crippen LogP contribution in [0.3, 0.4) is 0 Å². The van der Waals surface area contributed by atoms with Crippen LogP contribution < -0.4 is 5.73 Å². The van der Waals surface area contributed by atoms with E-state index in [1.165, 1.54) is 17.4 Å². The van der Waals surface area contributed by atoms with Crippen LogP contribution in [0, 0.1) is 5.82 Å². The Kier molecular flexibility index (Phi) is 2.51. The number of hydrogen-bond donors (Lipinski definition) is 1. The van der Waals surface area contributed by atoms with Crippen molar-refractivity contribution < 1.29 is 4.39 Å². The summed E-state index contributed by atoms with van der Waals surface area (Å²) in [5.41, 5.74) is 8.96. The zero-order valence-corrected chi connectivity index (χ0v) is 8.04. The Morgan fingerprint density at radius 3 is 2.71 bits per heavy atom. The third kappa shape index (κ3) is 1.78. The summed E-state index contributed by atoms with van der Waals surface area (Å²) in [6, 6.07) is 2.54. The molecule has 0 spiro atoms. The van der Waals surface area contributed by atoms with Gasteiger partial charge in [-0.05, 0) is 12.1 Å². The maximum atomic E-state index is 12.6. The molecule has 2 aromatic rings. The van der Waals surface area contributed by atoms with E-state index in [-0.39, 0.29) is 11.9 Å². The summed E-state index contributed by atoms with van der Waals surface area (Å²) in [6.07, 6.45) is 1.15. The molecule has 1 unspecified atom stereocenters. The molecule has 0 aliphatic rings. The topological polar surface area (TPSA) is 51.8 Å². The van der Waals surface area contributed by atoms with Gasteiger partial charge in [-0.2, -0.15) is 0 Å². The predicted molar refractivity (Wildman–Crippen MR) is 52.3 cm³/mol. The van der Waals surface area contributed by atoms with Crippen LogP contribution in [0.25, 0.3) is 0 Å². The van der Waals surface area contributed by atoms with Gasteiger partial charge in [0.15, 0.2) is 0 Å². The summed E-state index contributed by atoms with van der Waals surface area (Å²) >= 11 is 1.47. The van der Waals surface area contributed by atoms with Gasteiger partial charge < -0.3 is 5.73 Å². The quantitative estimate of drug-likeness (QED) is 0.819. The average molecular weight is 209 g/mol. The smallest absolute Gasteiger partial charge is 0.141 e. The normalized spacial score (nSPS) is 12.7. The second kappa shape index (κ2) is 3.81. The predicted octanol–water partition coefficient (Wildman–Crippen LogP) is 1.73. The molecule has 3 nitrogen and oxygen atoms in total. The molecule has 2 aromatic heterocycles. The number of nitrogens with two attached hydrogens (primary N) is 1. The Morgan fingerprint density at radius 2 is 2.14 bits per heavy atom. The van der Waals surface area contributed by atoms with Gasteiger partial charge in [0.25, 0.3) is 0 Å². The second-order valence-corrected chi connectivity index (χ2v) is 3.51. The first-order chi connectivity index (χ1) is 6.77. The number of rotatable bonds is 2. The average Bonchev–Trinajstić information content (AvgIpc) is 2.71. The molecular formula is C9H8FN3S. The minimum atomic E-state index is -0.373. The highest BCUT2D eigenvalue weighted by molar-refractivity contribution is 7.07. The molecule has 0 saturated carbocycles. The highest BCUT2D eigenvalue weighted by Crippen LogP contribution is 2.17. The fourth-order valence-corrected chi connectivity index (χ4v) is 1.69. The van der Waals surface area contributed by atoms with Crippen LogP contribution in [-0.2, 0) is 0 Å². The fraction of sp³-hybridized carbons (Fsp3) is 0.111. The first kappa shape index (κ1) is 9.23. The van der Waals surface area contributed by atoms with Crippen LogP contribution in [0.1, 0.15) is 17.4 Å². The number of aromatic nitrogens is 2. The third-order valence-electron chi connectivity index (χ3n) is 1.84. The Bertz CT molecular complexity index is 399. The van der Waals surface area contributed by atoms with Gasteiger partial charge in [-0.1, -0.05) is 0 Å². The number of hydrogen-bond acceptors (Lipinski definition) is 4. The number of pyridine rings is 1. The molecule has 0 aliphatic carbocycles. The summed E-state index contributed by atoms with van der Waals surface area (Å²) < 4.78 is 12.6. The molecule has 0 aliphatic heterocycles. The van der Waals surface area contributed by atoms with Gasteiger partial charge in [0.05, 0.1) is 29.1 Å². The first-order valence-corrected chi connectivity index (χ1v) is 4.97. The third-order valence-corrected chi connectivity index (χ3v) is 2.44. The summed E-state index contributed by atoms with van der Waals surface area (Å²) in [5, 5.41) is 1.86. The summed E-state index contributed by atoms with van der Waals surface area (Å²) in [6.45, 7) is 0. The van der Waals surface area contributed by atoms with Gasteiger partial charge >= 0.3 is 0 Å². The van der Waals surface area contributed by atoms with Crippen LogP contribution in [0.15, 0.2) is 29.2 Å². The van der Waals surface area contributed by atoms with Crippen LogP contribution in [-0.4, -0.2) is 9.97 Å². The summed E-state index contributed by atoms with van der Waals surface area (Å²) in [5.74, 6) is -0.362. The number of halogens is 1. The molecule has 0 fully saturated rings. The molecule has 72 valence electrons. The highest BCUT2D eigenvalue weighted by Gasteiger charge is 2.11. The van der Waals surface area contributed by atoms with E-state index in [2.05, 4.69) is 9.97 Å². The van der Waals surface area contributed by atoms with Crippen molar-refractivity contribution in [1.29, 1.82) is 0 Å². The summed E-state index contributed by atoms with van der Waals surface area (Å²) in [4.78, 5) is 7.97. The molecule has 0 bridgehead atoms. The molecular weight excluding hydrogens is 201 g/mol. The first-order valence-electron chi connectivity index (χ1n) is 4.02. The zero-order chi connectivity index (χ0) is 9.97. The van der Waals surface area contributed by atoms with E-state index in [1.807, 2.05) is 5.38 Å². The molecule has 2 heterocycles. The number of thiazole rings is 1. The molecule has 0 radical (unpaired) electrons. The van der Waals surface area contributed by atoms with Gasteiger partial charge in [0, 0.05) is 5.38 Å². The molecule has 0 saturated heterocycles.